The molecular weight excluding hydrogens is 428 g/mol. The van der Waals surface area contributed by atoms with Crippen molar-refractivity contribution in [3.63, 3.8) is 0 Å². The number of nitrogens with zero attached hydrogens (tertiary/aromatic N) is 1. The molecule has 2 aromatic carbocycles. The summed E-state index contributed by atoms with van der Waals surface area (Å²) in [6, 6.07) is 13.1. The Kier molecular flexibility index (Phi) is 5.69. The van der Waals surface area contributed by atoms with Gasteiger partial charge in [-0.3, -0.25) is 9.59 Å². The van der Waals surface area contributed by atoms with Crippen LogP contribution in [-0.4, -0.2) is 22.9 Å². The maximum absolute atomic E-state index is 12.7. The van der Waals surface area contributed by atoms with Crippen LogP contribution in [0.4, 0.5) is 20.2 Å². The van der Waals surface area contributed by atoms with Crippen molar-refractivity contribution in [2.45, 2.75) is 40.2 Å². The summed E-state index contributed by atoms with van der Waals surface area (Å²) < 4.78 is 31.2. The first-order chi connectivity index (χ1) is 15.5. The summed E-state index contributed by atoms with van der Waals surface area (Å²) in [6.07, 6.45) is 1.25. The fraction of sp³-hybridized carbons (Fsp3) is 0.280. The van der Waals surface area contributed by atoms with E-state index in [2.05, 4.69) is 23.9 Å². The predicted molar refractivity (Wildman–Crippen MR) is 122 cm³/mol. The molecule has 0 spiro atoms. The smallest absolute Gasteiger partial charge is 0.387 e. The number of rotatable bonds is 6. The number of Topliss-reactive ketones (excluding diaryl/α,β-unsaturated/α-hetero) is 1. The van der Waals surface area contributed by atoms with E-state index in [-0.39, 0.29) is 22.5 Å². The van der Waals surface area contributed by atoms with Crippen LogP contribution in [0.25, 0.3) is 5.69 Å². The van der Waals surface area contributed by atoms with Crippen molar-refractivity contribution in [1.29, 1.82) is 0 Å². The number of carbonyl (C=O) groups is 2. The van der Waals surface area contributed by atoms with Crippen LogP contribution in [0.3, 0.4) is 0 Å². The first-order valence-corrected chi connectivity index (χ1v) is 10.5. The zero-order valence-electron chi connectivity index (χ0n) is 18.6. The molecule has 0 fully saturated rings. The van der Waals surface area contributed by atoms with E-state index in [1.165, 1.54) is 12.1 Å². The number of hydrogen-bond acceptors (Lipinski definition) is 4. The Bertz CT molecular complexity index is 1230. The molecule has 1 aliphatic rings. The summed E-state index contributed by atoms with van der Waals surface area (Å²) in [5.74, 6) is -0.452. The van der Waals surface area contributed by atoms with Crippen LogP contribution in [0.2, 0.25) is 0 Å². The second-order valence-corrected chi connectivity index (χ2v) is 9.04. The number of nitrogens with one attached hydrogen (secondary N) is 1. The minimum Gasteiger partial charge on any atom is -0.435 e. The molecule has 3 N–H and O–H groups in total. The number of ether oxygens (including phenoxy) is 1. The van der Waals surface area contributed by atoms with Crippen LogP contribution >= 0.6 is 0 Å². The highest BCUT2D eigenvalue weighted by Gasteiger charge is 2.34. The van der Waals surface area contributed by atoms with Crippen LogP contribution in [0.1, 0.15) is 52.4 Å². The van der Waals surface area contributed by atoms with E-state index < -0.39 is 12.5 Å². The van der Waals surface area contributed by atoms with Gasteiger partial charge in [0.25, 0.3) is 5.91 Å². The van der Waals surface area contributed by atoms with E-state index in [9.17, 15) is 18.4 Å². The number of alkyl halides is 2. The number of primary amides is 1. The van der Waals surface area contributed by atoms with Gasteiger partial charge in [0.05, 0.1) is 11.3 Å². The van der Waals surface area contributed by atoms with Gasteiger partial charge < -0.3 is 20.4 Å². The summed E-state index contributed by atoms with van der Waals surface area (Å²) in [5.41, 5.74) is 10.1. The molecule has 1 amide bonds. The Morgan fingerprint density at radius 1 is 1.12 bits per heavy atom. The van der Waals surface area contributed by atoms with Crippen molar-refractivity contribution in [1.82, 2.24) is 4.57 Å². The minimum absolute atomic E-state index is 0.0290. The van der Waals surface area contributed by atoms with E-state index in [1.54, 1.807) is 30.3 Å². The van der Waals surface area contributed by atoms with Gasteiger partial charge in [-0.25, -0.2) is 0 Å². The summed E-state index contributed by atoms with van der Waals surface area (Å²) in [5, 5.41) is 3.14. The van der Waals surface area contributed by atoms with Crippen LogP contribution in [-0.2, 0) is 6.42 Å². The highest BCUT2D eigenvalue weighted by Crippen LogP contribution is 2.38. The summed E-state index contributed by atoms with van der Waals surface area (Å²) in [6.45, 7) is 3.18. The number of amides is 1. The lowest BCUT2D eigenvalue weighted by Crippen LogP contribution is -2.27. The summed E-state index contributed by atoms with van der Waals surface area (Å²) in [4.78, 5) is 24.7. The zero-order valence-corrected chi connectivity index (χ0v) is 18.6. The molecule has 3 aromatic rings. The molecular formula is C25H25F2N3O3. The summed E-state index contributed by atoms with van der Waals surface area (Å²) in [7, 11) is 0. The lowest BCUT2D eigenvalue weighted by molar-refractivity contribution is -0.0498. The predicted octanol–water partition coefficient (Wildman–Crippen LogP) is 5.38. The molecule has 1 aliphatic carbocycles. The van der Waals surface area contributed by atoms with Gasteiger partial charge in [0.15, 0.2) is 5.78 Å². The second kappa shape index (κ2) is 8.35. The van der Waals surface area contributed by atoms with Crippen LogP contribution < -0.4 is 15.8 Å². The number of ketones is 1. The Hall–Kier alpha value is -3.68. The van der Waals surface area contributed by atoms with Crippen LogP contribution in [0, 0.1) is 12.3 Å². The van der Waals surface area contributed by atoms with Crippen molar-refractivity contribution in [2.75, 3.05) is 5.32 Å². The van der Waals surface area contributed by atoms with Gasteiger partial charge in [0, 0.05) is 34.7 Å². The Labute approximate surface area is 190 Å². The van der Waals surface area contributed by atoms with Crippen molar-refractivity contribution in [3.8, 4) is 11.4 Å². The number of aryl methyl sites for hydroxylation is 1. The molecule has 0 saturated heterocycles. The van der Waals surface area contributed by atoms with Crippen molar-refractivity contribution < 1.29 is 23.1 Å². The molecule has 0 saturated carbocycles. The number of aromatic nitrogens is 1. The molecule has 0 radical (unpaired) electrons. The van der Waals surface area contributed by atoms with Crippen LogP contribution in [0.15, 0.2) is 48.5 Å². The third-order valence-electron chi connectivity index (χ3n) is 5.76. The first kappa shape index (κ1) is 22.5. The second-order valence-electron chi connectivity index (χ2n) is 9.04. The normalized spacial score (nSPS) is 14.8. The largest absolute Gasteiger partial charge is 0.435 e. The standard InChI is InChI=1S/C25H25F2N3O3/c1-14-10-19-21(12-25(2,3)13-22(19)31)30(14)16-6-9-18(23(28)32)20(11-16)29-15-4-7-17(8-5-15)33-24(26)27/h4-11,24,29H,12-13H2,1-3H3,(H2,28,32). The SMILES string of the molecule is Cc1cc2c(n1-c1ccc(C(N)=O)c(Nc3ccc(OC(F)F)cc3)c1)CC(C)(C)CC2=O. The highest BCUT2D eigenvalue weighted by atomic mass is 19.3. The Balaban J connectivity index is 1.74. The first-order valence-electron chi connectivity index (χ1n) is 10.5. The van der Waals surface area contributed by atoms with E-state index in [0.717, 1.165) is 29.1 Å². The van der Waals surface area contributed by atoms with Gasteiger partial charge in [-0.15, -0.1) is 0 Å². The van der Waals surface area contributed by atoms with E-state index >= 15 is 0 Å². The molecule has 1 heterocycles. The fourth-order valence-corrected chi connectivity index (χ4v) is 4.38. The van der Waals surface area contributed by atoms with Gasteiger partial charge in [0.1, 0.15) is 5.75 Å². The number of nitrogens with two attached hydrogens (primary N) is 1. The molecule has 0 unspecified atom stereocenters. The third-order valence-corrected chi connectivity index (χ3v) is 5.76. The fourth-order valence-electron chi connectivity index (χ4n) is 4.38. The van der Waals surface area contributed by atoms with Crippen molar-refractivity contribution in [2.24, 2.45) is 11.1 Å². The molecule has 8 heteroatoms. The molecule has 0 bridgehead atoms. The van der Waals surface area contributed by atoms with Crippen molar-refractivity contribution in [3.05, 3.63) is 71.0 Å². The average molecular weight is 453 g/mol. The Morgan fingerprint density at radius 3 is 2.45 bits per heavy atom. The van der Waals surface area contributed by atoms with Gasteiger partial charge in [0.2, 0.25) is 0 Å². The van der Waals surface area contributed by atoms with Gasteiger partial charge in [-0.1, -0.05) is 13.8 Å². The molecule has 0 atom stereocenters. The number of anilines is 2. The van der Waals surface area contributed by atoms with Crippen molar-refractivity contribution >= 4 is 23.1 Å². The van der Waals surface area contributed by atoms with E-state index in [0.29, 0.717) is 17.8 Å². The number of halogens is 2. The number of benzene rings is 2. The van der Waals surface area contributed by atoms with Gasteiger partial charge >= 0.3 is 6.61 Å². The molecule has 1 aromatic heterocycles. The number of fused-ring (bicyclic) bond motifs is 1. The molecule has 4 rings (SSSR count). The van der Waals surface area contributed by atoms with E-state index in [4.69, 9.17) is 5.73 Å². The van der Waals surface area contributed by atoms with E-state index in [1.807, 2.05) is 17.6 Å². The monoisotopic (exact) mass is 453 g/mol. The lowest BCUT2D eigenvalue weighted by atomic mass is 9.76. The maximum atomic E-state index is 12.7. The zero-order chi connectivity index (χ0) is 23.9. The molecule has 6 nitrogen and oxygen atoms in total. The topological polar surface area (TPSA) is 86.3 Å². The van der Waals surface area contributed by atoms with Crippen LogP contribution in [0.5, 0.6) is 5.75 Å². The molecule has 0 aliphatic heterocycles. The summed E-state index contributed by atoms with van der Waals surface area (Å²) >= 11 is 0. The lowest BCUT2D eigenvalue weighted by Gasteiger charge is -2.30. The highest BCUT2D eigenvalue weighted by molar-refractivity contribution is 6.00. The maximum Gasteiger partial charge on any atom is 0.387 e. The molecule has 172 valence electrons. The third kappa shape index (κ3) is 4.60. The quantitative estimate of drug-likeness (QED) is 0.524. The molecule has 33 heavy (non-hydrogen) atoms. The number of carbonyl (C=O) groups excluding carboxylic acids is 2. The average Bonchev–Trinajstić information content (AvgIpc) is 3.04. The van der Waals surface area contributed by atoms with Gasteiger partial charge in [-0.05, 0) is 67.3 Å². The van der Waals surface area contributed by atoms with Gasteiger partial charge in [-0.2, -0.15) is 8.78 Å². The minimum atomic E-state index is -2.91. The number of hydrogen-bond donors (Lipinski definition) is 2. The Morgan fingerprint density at radius 2 is 1.82 bits per heavy atom.